The van der Waals surface area contributed by atoms with Gasteiger partial charge in [0.2, 0.25) is 10.0 Å². The predicted molar refractivity (Wildman–Crippen MR) is 72.8 cm³/mol. The van der Waals surface area contributed by atoms with Crippen molar-refractivity contribution in [3.8, 4) is 11.5 Å². The maximum Gasteiger partial charge on any atom is 0.243 e. The molecule has 0 spiro atoms. The Bertz CT molecular complexity index is 594. The molecule has 0 aromatic heterocycles. The van der Waals surface area contributed by atoms with E-state index in [1.807, 2.05) is 0 Å². The highest BCUT2D eigenvalue weighted by molar-refractivity contribution is 7.89. The van der Waals surface area contributed by atoms with Crippen molar-refractivity contribution in [2.75, 3.05) is 46.4 Å². The minimum atomic E-state index is -3.43. The van der Waals surface area contributed by atoms with Gasteiger partial charge < -0.3 is 14.4 Å². The monoisotopic (exact) mass is 299 g/mol. The van der Waals surface area contributed by atoms with Crippen molar-refractivity contribution >= 4 is 10.0 Å². The summed E-state index contributed by atoms with van der Waals surface area (Å²) < 4.78 is 37.6. The third-order valence-electron chi connectivity index (χ3n) is 3.73. The summed E-state index contributed by atoms with van der Waals surface area (Å²) in [5, 5.41) is 0. The van der Waals surface area contributed by atoms with E-state index in [4.69, 9.17) is 9.47 Å². The van der Waals surface area contributed by atoms with Crippen LogP contribution in [-0.2, 0) is 10.0 Å². The fraction of sp³-hybridized carbons (Fsp3) is 0.538. The van der Waals surface area contributed by atoms with Gasteiger partial charge in [-0.3, -0.25) is 0 Å². The predicted octanol–water partition coefficient (Wildman–Crippen LogP) is -1.02. The zero-order valence-corrected chi connectivity index (χ0v) is 12.3. The number of benzene rings is 1. The van der Waals surface area contributed by atoms with Gasteiger partial charge in [-0.25, -0.2) is 8.42 Å². The molecule has 110 valence electrons. The Morgan fingerprint density at radius 2 is 1.75 bits per heavy atom. The van der Waals surface area contributed by atoms with E-state index in [2.05, 4.69) is 7.05 Å². The highest BCUT2D eigenvalue weighted by Crippen LogP contribution is 2.33. The van der Waals surface area contributed by atoms with Gasteiger partial charge in [-0.1, -0.05) is 0 Å². The average Bonchev–Trinajstić information content (AvgIpc) is 2.47. The second-order valence-corrected chi connectivity index (χ2v) is 7.10. The van der Waals surface area contributed by atoms with Crippen molar-refractivity contribution in [3.63, 3.8) is 0 Å². The first kappa shape index (κ1) is 13.7. The number of likely N-dealkylation sites (N-methyl/N-ethyl adjacent to an activating group) is 1. The van der Waals surface area contributed by atoms with Gasteiger partial charge in [0.1, 0.15) is 13.2 Å². The Morgan fingerprint density at radius 1 is 1.10 bits per heavy atom. The number of rotatable bonds is 2. The van der Waals surface area contributed by atoms with Crippen LogP contribution in [0.1, 0.15) is 0 Å². The molecule has 3 rings (SSSR count). The van der Waals surface area contributed by atoms with E-state index < -0.39 is 10.0 Å². The van der Waals surface area contributed by atoms with Gasteiger partial charge in [0.15, 0.2) is 11.5 Å². The second-order valence-electron chi connectivity index (χ2n) is 5.17. The standard InChI is InChI=1S/C13H18N2O4S/c1-14-4-6-15(7-5-14)20(16,17)11-2-3-12-13(10-11)19-9-8-18-12/h2-3,10H,4-9H2,1H3/p+1. The van der Waals surface area contributed by atoms with Gasteiger partial charge in [-0.15, -0.1) is 0 Å². The average molecular weight is 299 g/mol. The van der Waals surface area contributed by atoms with E-state index in [1.165, 1.54) is 4.90 Å². The van der Waals surface area contributed by atoms with Crippen LogP contribution in [0.25, 0.3) is 0 Å². The molecule has 1 aromatic carbocycles. The summed E-state index contributed by atoms with van der Waals surface area (Å²) in [7, 11) is -1.36. The van der Waals surface area contributed by atoms with Crippen molar-refractivity contribution in [3.05, 3.63) is 18.2 Å². The summed E-state index contributed by atoms with van der Waals surface area (Å²) >= 11 is 0. The number of piperazine rings is 1. The number of quaternary nitrogens is 1. The van der Waals surface area contributed by atoms with Gasteiger partial charge in [0.05, 0.1) is 38.1 Å². The smallest absolute Gasteiger partial charge is 0.243 e. The van der Waals surface area contributed by atoms with E-state index in [0.29, 0.717) is 37.8 Å². The van der Waals surface area contributed by atoms with E-state index in [9.17, 15) is 8.42 Å². The molecular formula is C13H19N2O4S+. The lowest BCUT2D eigenvalue weighted by atomic mass is 10.3. The van der Waals surface area contributed by atoms with E-state index in [1.54, 1.807) is 22.5 Å². The summed E-state index contributed by atoms with van der Waals surface area (Å²) in [5.74, 6) is 1.12. The lowest BCUT2D eigenvalue weighted by molar-refractivity contribution is -0.883. The van der Waals surface area contributed by atoms with Crippen LogP contribution in [0.3, 0.4) is 0 Å². The second kappa shape index (κ2) is 5.23. The summed E-state index contributed by atoms with van der Waals surface area (Å²) in [6.07, 6.45) is 0. The summed E-state index contributed by atoms with van der Waals surface area (Å²) in [6, 6.07) is 4.83. The maximum atomic E-state index is 12.6. The normalized spacial score (nSPS) is 20.9. The number of nitrogens with zero attached hydrogens (tertiary/aromatic N) is 1. The Kier molecular flexibility index (Phi) is 3.57. The lowest BCUT2D eigenvalue weighted by Gasteiger charge is -2.29. The molecule has 0 atom stereocenters. The molecule has 7 heteroatoms. The molecule has 0 unspecified atom stereocenters. The Balaban J connectivity index is 1.87. The fourth-order valence-corrected chi connectivity index (χ4v) is 3.90. The first-order chi connectivity index (χ1) is 9.57. The third kappa shape index (κ3) is 2.48. The van der Waals surface area contributed by atoms with Crippen molar-refractivity contribution < 1.29 is 22.8 Å². The molecule has 0 radical (unpaired) electrons. The van der Waals surface area contributed by atoms with E-state index in [0.717, 1.165) is 13.1 Å². The molecule has 1 saturated heterocycles. The lowest BCUT2D eigenvalue weighted by Crippen LogP contribution is -3.12. The molecule has 1 fully saturated rings. The van der Waals surface area contributed by atoms with Gasteiger partial charge >= 0.3 is 0 Å². The first-order valence-electron chi connectivity index (χ1n) is 6.78. The fourth-order valence-electron chi connectivity index (χ4n) is 2.44. The Morgan fingerprint density at radius 3 is 2.45 bits per heavy atom. The molecule has 1 N–H and O–H groups in total. The molecule has 1 aromatic rings. The topological polar surface area (TPSA) is 60.3 Å². The summed E-state index contributed by atoms with van der Waals surface area (Å²) in [5.41, 5.74) is 0. The minimum absolute atomic E-state index is 0.279. The molecule has 2 aliphatic rings. The van der Waals surface area contributed by atoms with Gasteiger partial charge in [0, 0.05) is 6.07 Å². The molecule has 6 nitrogen and oxygen atoms in total. The number of hydrogen-bond acceptors (Lipinski definition) is 4. The SMILES string of the molecule is C[NH+]1CCN(S(=O)(=O)c2ccc3c(c2)OCCO3)CC1. The van der Waals surface area contributed by atoms with Crippen molar-refractivity contribution in [2.45, 2.75) is 4.90 Å². The number of sulfonamides is 1. The van der Waals surface area contributed by atoms with Crippen molar-refractivity contribution in [1.82, 2.24) is 4.31 Å². The number of nitrogens with one attached hydrogen (secondary N) is 1. The largest absolute Gasteiger partial charge is 0.486 e. The number of fused-ring (bicyclic) bond motifs is 1. The van der Waals surface area contributed by atoms with Crippen LogP contribution < -0.4 is 14.4 Å². The molecule has 2 heterocycles. The summed E-state index contributed by atoms with van der Waals surface area (Å²) in [4.78, 5) is 1.64. The van der Waals surface area contributed by atoms with E-state index in [-0.39, 0.29) is 4.90 Å². The molecule has 0 saturated carbocycles. The highest BCUT2D eigenvalue weighted by Gasteiger charge is 2.30. The van der Waals surface area contributed by atoms with E-state index >= 15 is 0 Å². The molecule has 0 aliphatic carbocycles. The number of ether oxygens (including phenoxy) is 2. The van der Waals surface area contributed by atoms with Crippen LogP contribution in [0.15, 0.2) is 23.1 Å². The molecule has 0 bridgehead atoms. The maximum absolute atomic E-state index is 12.6. The number of hydrogen-bond donors (Lipinski definition) is 1. The van der Waals surface area contributed by atoms with Crippen LogP contribution in [0.5, 0.6) is 11.5 Å². The third-order valence-corrected chi connectivity index (χ3v) is 5.62. The van der Waals surface area contributed by atoms with Crippen LogP contribution in [0.4, 0.5) is 0 Å². The zero-order valence-electron chi connectivity index (χ0n) is 11.5. The quantitative estimate of drug-likeness (QED) is 0.759. The molecule has 2 aliphatic heterocycles. The molecule has 0 amide bonds. The molecule has 20 heavy (non-hydrogen) atoms. The zero-order chi connectivity index (χ0) is 14.2. The van der Waals surface area contributed by atoms with Gasteiger partial charge in [-0.05, 0) is 12.1 Å². The van der Waals surface area contributed by atoms with Crippen LogP contribution in [-0.4, -0.2) is 59.2 Å². The summed E-state index contributed by atoms with van der Waals surface area (Å²) in [6.45, 7) is 3.74. The Hall–Kier alpha value is -1.31. The highest BCUT2D eigenvalue weighted by atomic mass is 32.2. The van der Waals surface area contributed by atoms with Gasteiger partial charge in [-0.2, -0.15) is 4.31 Å². The van der Waals surface area contributed by atoms with Crippen LogP contribution in [0, 0.1) is 0 Å². The van der Waals surface area contributed by atoms with Crippen LogP contribution in [0.2, 0.25) is 0 Å². The van der Waals surface area contributed by atoms with Crippen molar-refractivity contribution in [2.24, 2.45) is 0 Å². The van der Waals surface area contributed by atoms with Crippen molar-refractivity contribution in [1.29, 1.82) is 0 Å². The van der Waals surface area contributed by atoms with Gasteiger partial charge in [0.25, 0.3) is 0 Å². The first-order valence-corrected chi connectivity index (χ1v) is 8.22. The molecular weight excluding hydrogens is 280 g/mol. The Labute approximate surface area is 118 Å². The minimum Gasteiger partial charge on any atom is -0.486 e. The van der Waals surface area contributed by atoms with Crippen LogP contribution >= 0.6 is 0 Å².